The van der Waals surface area contributed by atoms with Crippen LogP contribution in [-0.4, -0.2) is 41.9 Å². The molecule has 8 nitrogen and oxygen atoms in total. The van der Waals surface area contributed by atoms with Gasteiger partial charge in [-0.1, -0.05) is 27.5 Å². The molecule has 0 bridgehead atoms. The lowest BCUT2D eigenvalue weighted by atomic mass is 10.1. The van der Waals surface area contributed by atoms with E-state index in [2.05, 4.69) is 42.6 Å². The van der Waals surface area contributed by atoms with Gasteiger partial charge in [0.25, 0.3) is 11.8 Å². The highest BCUT2D eigenvalue weighted by Crippen LogP contribution is 2.31. The molecule has 1 aliphatic rings. The fraction of sp³-hybridized carbons (Fsp3) is 0.238. The molecule has 1 saturated heterocycles. The Morgan fingerprint density at radius 3 is 2.53 bits per heavy atom. The van der Waals surface area contributed by atoms with Crippen molar-refractivity contribution in [2.24, 2.45) is 5.92 Å². The van der Waals surface area contributed by atoms with E-state index in [-0.39, 0.29) is 13.0 Å². The lowest BCUT2D eigenvalue weighted by Gasteiger charge is -2.17. The highest BCUT2D eigenvalue weighted by molar-refractivity contribution is 9.10. The van der Waals surface area contributed by atoms with Crippen LogP contribution < -0.4 is 10.7 Å². The predicted molar refractivity (Wildman–Crippen MR) is 125 cm³/mol. The summed E-state index contributed by atoms with van der Waals surface area (Å²) >= 11 is 12.7. The van der Waals surface area contributed by atoms with Gasteiger partial charge in [-0.3, -0.25) is 29.6 Å². The molecule has 11 heteroatoms. The van der Waals surface area contributed by atoms with Gasteiger partial charge in [-0.15, -0.1) is 0 Å². The van der Waals surface area contributed by atoms with Gasteiger partial charge in [-0.05, 0) is 64.8 Å². The normalized spacial score (nSPS) is 15.4. The highest BCUT2D eigenvalue weighted by atomic mass is 79.9. The van der Waals surface area contributed by atoms with Gasteiger partial charge < -0.3 is 10.1 Å². The standard InChI is InChI=1S/C21H18Br2ClN3O5/c1-11-16(7-6-15(23)19(11)24)25-17(28)10-32-21(31)13-8-18(29)27(9-13)26-20(30)12-2-4-14(22)5-3-12/h2-7,13H,8-10H2,1H3,(H,25,28)(H,26,30)/t13-/m1/s1. The largest absolute Gasteiger partial charge is 0.455 e. The minimum absolute atomic E-state index is 0.0387. The van der Waals surface area contributed by atoms with Crippen molar-refractivity contribution >= 4 is 72.8 Å². The van der Waals surface area contributed by atoms with Crippen LogP contribution in [0.25, 0.3) is 0 Å². The SMILES string of the molecule is Cc1c(NC(=O)COC(=O)[C@@H]2CC(=O)N(NC(=O)c3ccc(Br)cc3)C2)ccc(Br)c1Cl. The lowest BCUT2D eigenvalue weighted by molar-refractivity contribution is -0.151. The third-order valence-electron chi connectivity index (χ3n) is 4.76. The molecule has 2 aromatic rings. The number of ether oxygens (including phenoxy) is 1. The van der Waals surface area contributed by atoms with Crippen LogP contribution in [0.1, 0.15) is 22.3 Å². The third-order valence-corrected chi connectivity index (χ3v) is 6.66. The molecule has 0 aromatic heterocycles. The zero-order chi connectivity index (χ0) is 23.4. The van der Waals surface area contributed by atoms with E-state index in [1.165, 1.54) is 0 Å². The van der Waals surface area contributed by atoms with Crippen molar-refractivity contribution in [2.45, 2.75) is 13.3 Å². The zero-order valence-electron chi connectivity index (χ0n) is 16.8. The van der Waals surface area contributed by atoms with Crippen LogP contribution >= 0.6 is 43.5 Å². The monoisotopic (exact) mass is 585 g/mol. The maximum atomic E-state index is 12.3. The van der Waals surface area contributed by atoms with E-state index in [9.17, 15) is 19.2 Å². The van der Waals surface area contributed by atoms with E-state index >= 15 is 0 Å². The summed E-state index contributed by atoms with van der Waals surface area (Å²) in [7, 11) is 0. The van der Waals surface area contributed by atoms with Gasteiger partial charge in [0, 0.05) is 26.6 Å². The second-order valence-corrected chi connectivity index (χ2v) is 9.19. The van der Waals surface area contributed by atoms with Crippen molar-refractivity contribution in [3.8, 4) is 0 Å². The van der Waals surface area contributed by atoms with Crippen molar-refractivity contribution in [3.63, 3.8) is 0 Å². The second-order valence-electron chi connectivity index (χ2n) is 7.04. The minimum atomic E-state index is -0.788. The van der Waals surface area contributed by atoms with Crippen LogP contribution in [0.15, 0.2) is 45.3 Å². The molecular formula is C21H18Br2ClN3O5. The number of anilines is 1. The van der Waals surface area contributed by atoms with Crippen molar-refractivity contribution < 1.29 is 23.9 Å². The number of halogens is 3. The van der Waals surface area contributed by atoms with Gasteiger partial charge in [-0.2, -0.15) is 0 Å². The Balaban J connectivity index is 1.50. The van der Waals surface area contributed by atoms with Crippen molar-refractivity contribution in [2.75, 3.05) is 18.5 Å². The van der Waals surface area contributed by atoms with E-state index in [1.54, 1.807) is 43.3 Å². The van der Waals surface area contributed by atoms with Crippen LogP contribution in [0.3, 0.4) is 0 Å². The van der Waals surface area contributed by atoms with Crippen LogP contribution in [0.4, 0.5) is 5.69 Å². The minimum Gasteiger partial charge on any atom is -0.455 e. The molecule has 0 aliphatic carbocycles. The number of hydrazine groups is 1. The van der Waals surface area contributed by atoms with Gasteiger partial charge in [0.05, 0.1) is 17.5 Å². The summed E-state index contributed by atoms with van der Waals surface area (Å²) in [6.45, 7) is 1.20. The van der Waals surface area contributed by atoms with E-state index < -0.39 is 36.2 Å². The third kappa shape index (κ3) is 5.87. The average molecular weight is 588 g/mol. The molecule has 0 spiro atoms. The first-order valence-corrected chi connectivity index (χ1v) is 11.4. The van der Waals surface area contributed by atoms with Crippen LogP contribution in [0, 0.1) is 12.8 Å². The quantitative estimate of drug-likeness (QED) is 0.500. The van der Waals surface area contributed by atoms with Crippen molar-refractivity contribution in [3.05, 3.63) is 61.5 Å². The molecular weight excluding hydrogens is 570 g/mol. The maximum absolute atomic E-state index is 12.3. The number of carbonyl (C=O) groups excluding carboxylic acids is 4. The molecule has 2 aromatic carbocycles. The molecule has 168 valence electrons. The summed E-state index contributed by atoms with van der Waals surface area (Å²) in [6, 6.07) is 9.98. The molecule has 1 aliphatic heterocycles. The zero-order valence-corrected chi connectivity index (χ0v) is 20.7. The summed E-state index contributed by atoms with van der Waals surface area (Å²) in [5.74, 6) is -2.90. The summed E-state index contributed by atoms with van der Waals surface area (Å²) in [6.07, 6.45) is -0.123. The molecule has 1 fully saturated rings. The van der Waals surface area contributed by atoms with Crippen molar-refractivity contribution in [1.82, 2.24) is 10.4 Å². The number of benzene rings is 2. The average Bonchev–Trinajstić information content (AvgIpc) is 3.13. The molecule has 2 N–H and O–H groups in total. The number of amides is 3. The molecule has 32 heavy (non-hydrogen) atoms. The van der Waals surface area contributed by atoms with Gasteiger partial charge in [-0.25, -0.2) is 0 Å². The molecule has 3 rings (SSSR count). The van der Waals surface area contributed by atoms with E-state index in [1.807, 2.05) is 0 Å². The first kappa shape index (κ1) is 24.2. The number of hydrogen-bond acceptors (Lipinski definition) is 5. The Morgan fingerprint density at radius 1 is 1.16 bits per heavy atom. The number of nitrogens with zero attached hydrogens (tertiary/aromatic N) is 1. The second kappa shape index (κ2) is 10.5. The summed E-state index contributed by atoms with van der Waals surface area (Å²) in [5.41, 5.74) is 4.02. The molecule has 0 unspecified atom stereocenters. The van der Waals surface area contributed by atoms with Crippen LogP contribution in [0.5, 0.6) is 0 Å². The summed E-state index contributed by atoms with van der Waals surface area (Å²) in [4.78, 5) is 49.0. The smallest absolute Gasteiger partial charge is 0.311 e. The highest BCUT2D eigenvalue weighted by Gasteiger charge is 2.36. The number of hydrogen-bond donors (Lipinski definition) is 2. The molecule has 0 radical (unpaired) electrons. The predicted octanol–water partition coefficient (Wildman–Crippen LogP) is 3.85. The molecule has 1 heterocycles. The topological polar surface area (TPSA) is 105 Å². The van der Waals surface area contributed by atoms with Crippen LogP contribution in [-0.2, 0) is 19.1 Å². The van der Waals surface area contributed by atoms with E-state index in [0.717, 1.165) is 9.48 Å². The Labute approximate surface area is 205 Å². The van der Waals surface area contributed by atoms with Crippen molar-refractivity contribution in [1.29, 1.82) is 0 Å². The number of carbonyl (C=O) groups is 4. The van der Waals surface area contributed by atoms with Gasteiger partial charge in [0.1, 0.15) is 0 Å². The van der Waals surface area contributed by atoms with Gasteiger partial charge in [0.2, 0.25) is 5.91 Å². The van der Waals surface area contributed by atoms with Gasteiger partial charge >= 0.3 is 5.97 Å². The van der Waals surface area contributed by atoms with E-state index in [0.29, 0.717) is 26.3 Å². The molecule has 3 amide bonds. The number of esters is 1. The van der Waals surface area contributed by atoms with E-state index in [4.69, 9.17) is 16.3 Å². The Bertz CT molecular complexity index is 1080. The summed E-state index contributed by atoms with van der Waals surface area (Å²) in [5, 5.41) is 4.18. The van der Waals surface area contributed by atoms with Crippen LogP contribution in [0.2, 0.25) is 5.02 Å². The lowest BCUT2D eigenvalue weighted by Crippen LogP contribution is -2.43. The maximum Gasteiger partial charge on any atom is 0.311 e. The fourth-order valence-corrected chi connectivity index (χ4v) is 3.85. The summed E-state index contributed by atoms with van der Waals surface area (Å²) < 4.78 is 6.58. The Kier molecular flexibility index (Phi) is 7.91. The van der Waals surface area contributed by atoms with Gasteiger partial charge in [0.15, 0.2) is 6.61 Å². The fourth-order valence-electron chi connectivity index (χ4n) is 2.99. The first-order valence-electron chi connectivity index (χ1n) is 9.43. The molecule has 1 atom stereocenters. The molecule has 0 saturated carbocycles. The number of nitrogens with one attached hydrogen (secondary N) is 2. The first-order chi connectivity index (χ1) is 15.2. The Hall–Kier alpha value is -2.43. The number of rotatable bonds is 6. The Morgan fingerprint density at radius 2 is 1.84 bits per heavy atom.